The van der Waals surface area contributed by atoms with Crippen LogP contribution in [0.1, 0.15) is 31.7 Å². The lowest BCUT2D eigenvalue weighted by Crippen LogP contribution is -2.20. The molecule has 0 aliphatic rings. The zero-order valence-corrected chi connectivity index (χ0v) is 17.0. The van der Waals surface area contributed by atoms with E-state index in [1.807, 2.05) is 36.4 Å². The number of nitrogens with one attached hydrogen (secondary N) is 1. The number of aromatic nitrogens is 2. The molecule has 1 N–H and O–H groups in total. The number of amides is 1. The third kappa shape index (κ3) is 4.49. The van der Waals surface area contributed by atoms with E-state index in [0.717, 1.165) is 12.0 Å². The molecule has 1 amide bonds. The number of nitrogens with zero attached hydrogens (tertiary/aromatic N) is 2. The van der Waals surface area contributed by atoms with Gasteiger partial charge in [-0.15, -0.1) is 0 Å². The molecule has 6 heteroatoms. The Hall–Kier alpha value is -3.67. The van der Waals surface area contributed by atoms with Crippen molar-refractivity contribution in [3.8, 4) is 17.2 Å². The number of pyridine rings is 1. The summed E-state index contributed by atoms with van der Waals surface area (Å²) >= 11 is 0. The first-order valence-corrected chi connectivity index (χ1v) is 9.96. The molecule has 2 aromatic carbocycles. The molecule has 4 aromatic rings. The van der Waals surface area contributed by atoms with Crippen molar-refractivity contribution in [2.75, 3.05) is 11.9 Å². The van der Waals surface area contributed by atoms with E-state index in [1.54, 1.807) is 30.6 Å². The number of hydrogen-bond donors (Lipinski definition) is 1. The Morgan fingerprint density at radius 3 is 2.60 bits per heavy atom. The van der Waals surface area contributed by atoms with Crippen LogP contribution in [0, 0.1) is 0 Å². The predicted octanol–water partition coefficient (Wildman–Crippen LogP) is 5.42. The first-order valence-electron chi connectivity index (χ1n) is 9.96. The first kappa shape index (κ1) is 19.6. The molecule has 0 aliphatic carbocycles. The summed E-state index contributed by atoms with van der Waals surface area (Å²) < 4.78 is 11.4. The minimum Gasteiger partial charge on any atom is -0.484 e. The van der Waals surface area contributed by atoms with Gasteiger partial charge in [0.2, 0.25) is 5.89 Å². The number of carbonyl (C=O) groups is 1. The number of benzene rings is 2. The van der Waals surface area contributed by atoms with E-state index in [-0.39, 0.29) is 12.5 Å². The highest BCUT2D eigenvalue weighted by molar-refractivity contribution is 5.94. The quantitative estimate of drug-likeness (QED) is 0.447. The van der Waals surface area contributed by atoms with E-state index in [9.17, 15) is 4.79 Å². The largest absolute Gasteiger partial charge is 0.484 e. The van der Waals surface area contributed by atoms with Gasteiger partial charge in [-0.05, 0) is 60.4 Å². The van der Waals surface area contributed by atoms with E-state index in [4.69, 9.17) is 9.15 Å². The second-order valence-electron chi connectivity index (χ2n) is 7.15. The Morgan fingerprint density at radius 2 is 1.87 bits per heavy atom. The van der Waals surface area contributed by atoms with E-state index >= 15 is 0 Å². The van der Waals surface area contributed by atoms with Crippen LogP contribution in [0.3, 0.4) is 0 Å². The smallest absolute Gasteiger partial charge is 0.262 e. The van der Waals surface area contributed by atoms with Gasteiger partial charge in [0, 0.05) is 23.6 Å². The fourth-order valence-corrected chi connectivity index (χ4v) is 3.10. The summed E-state index contributed by atoms with van der Waals surface area (Å²) in [5, 5.41) is 2.84. The lowest BCUT2D eigenvalue weighted by atomic mass is 9.99. The maximum absolute atomic E-state index is 12.3. The lowest BCUT2D eigenvalue weighted by molar-refractivity contribution is -0.118. The van der Waals surface area contributed by atoms with E-state index in [2.05, 4.69) is 29.1 Å². The Kier molecular flexibility index (Phi) is 5.75. The van der Waals surface area contributed by atoms with Crippen molar-refractivity contribution in [3.63, 3.8) is 0 Å². The molecule has 0 bridgehead atoms. The van der Waals surface area contributed by atoms with Gasteiger partial charge in [-0.2, -0.15) is 0 Å². The first-order chi connectivity index (χ1) is 14.6. The van der Waals surface area contributed by atoms with Gasteiger partial charge >= 0.3 is 0 Å². The van der Waals surface area contributed by atoms with Crippen LogP contribution in [0.2, 0.25) is 0 Å². The van der Waals surface area contributed by atoms with Crippen molar-refractivity contribution in [2.45, 2.75) is 26.2 Å². The summed E-state index contributed by atoms with van der Waals surface area (Å²) in [6.07, 6.45) is 4.46. The molecule has 30 heavy (non-hydrogen) atoms. The van der Waals surface area contributed by atoms with Crippen LogP contribution in [-0.4, -0.2) is 22.5 Å². The number of fused-ring (bicyclic) bond motifs is 1. The summed E-state index contributed by atoms with van der Waals surface area (Å²) in [6.45, 7) is 4.28. The normalized spacial score (nSPS) is 11.9. The number of anilines is 1. The zero-order valence-electron chi connectivity index (χ0n) is 17.0. The van der Waals surface area contributed by atoms with E-state index in [1.165, 1.54) is 5.56 Å². The average molecular weight is 401 g/mol. The second kappa shape index (κ2) is 8.78. The Morgan fingerprint density at radius 1 is 1.10 bits per heavy atom. The van der Waals surface area contributed by atoms with Gasteiger partial charge in [-0.1, -0.05) is 26.0 Å². The highest BCUT2D eigenvalue weighted by atomic mass is 16.5. The van der Waals surface area contributed by atoms with Crippen molar-refractivity contribution in [1.82, 2.24) is 9.97 Å². The van der Waals surface area contributed by atoms with Gasteiger partial charge in [0.25, 0.3) is 5.91 Å². The summed E-state index contributed by atoms with van der Waals surface area (Å²) in [4.78, 5) is 20.8. The third-order valence-electron chi connectivity index (χ3n) is 5.03. The van der Waals surface area contributed by atoms with Gasteiger partial charge < -0.3 is 14.5 Å². The molecule has 6 nitrogen and oxygen atoms in total. The average Bonchev–Trinajstić information content (AvgIpc) is 3.21. The van der Waals surface area contributed by atoms with Gasteiger partial charge in [-0.3, -0.25) is 9.78 Å². The molecule has 0 unspecified atom stereocenters. The van der Waals surface area contributed by atoms with Crippen molar-refractivity contribution in [2.24, 2.45) is 0 Å². The standard InChI is InChI=1S/C24H23N3O3/c1-3-16(2)17-4-7-20(8-5-17)29-15-23(28)26-19-6-9-22-21(14-19)27-24(30-22)18-10-12-25-13-11-18/h4-14,16H,3,15H2,1-2H3,(H,26,28)/t16-/m1/s1. The maximum Gasteiger partial charge on any atom is 0.262 e. The lowest BCUT2D eigenvalue weighted by Gasteiger charge is -2.11. The minimum absolute atomic E-state index is 0.0677. The molecular formula is C24H23N3O3. The molecule has 2 heterocycles. The van der Waals surface area contributed by atoms with E-state index in [0.29, 0.717) is 34.3 Å². The molecule has 152 valence electrons. The predicted molar refractivity (Wildman–Crippen MR) is 117 cm³/mol. The van der Waals surface area contributed by atoms with Crippen LogP contribution in [0.5, 0.6) is 5.75 Å². The topological polar surface area (TPSA) is 77.2 Å². The Bertz CT molecular complexity index is 1140. The van der Waals surface area contributed by atoms with Crippen LogP contribution in [0.25, 0.3) is 22.6 Å². The van der Waals surface area contributed by atoms with Gasteiger partial charge in [0.15, 0.2) is 12.2 Å². The maximum atomic E-state index is 12.3. The highest BCUT2D eigenvalue weighted by Gasteiger charge is 2.10. The second-order valence-corrected chi connectivity index (χ2v) is 7.15. The minimum atomic E-state index is -0.238. The van der Waals surface area contributed by atoms with Crippen molar-refractivity contribution in [3.05, 3.63) is 72.6 Å². The summed E-state index contributed by atoms with van der Waals surface area (Å²) in [7, 11) is 0. The molecule has 4 rings (SSSR count). The van der Waals surface area contributed by atoms with Gasteiger partial charge in [0.1, 0.15) is 11.3 Å². The van der Waals surface area contributed by atoms with Crippen LogP contribution in [-0.2, 0) is 4.79 Å². The molecule has 2 aromatic heterocycles. The Labute approximate surface area is 174 Å². The molecule has 1 atom stereocenters. The van der Waals surface area contributed by atoms with Gasteiger partial charge in [0.05, 0.1) is 0 Å². The summed E-state index contributed by atoms with van der Waals surface area (Å²) in [5.74, 6) is 1.46. The van der Waals surface area contributed by atoms with Crippen LogP contribution >= 0.6 is 0 Å². The Balaban J connectivity index is 1.38. The van der Waals surface area contributed by atoms with Crippen molar-refractivity contribution < 1.29 is 13.9 Å². The monoisotopic (exact) mass is 401 g/mol. The van der Waals surface area contributed by atoms with Crippen LogP contribution in [0.4, 0.5) is 5.69 Å². The van der Waals surface area contributed by atoms with Crippen molar-refractivity contribution >= 4 is 22.7 Å². The fourth-order valence-electron chi connectivity index (χ4n) is 3.10. The molecular weight excluding hydrogens is 378 g/mol. The number of ether oxygens (including phenoxy) is 1. The number of oxazole rings is 1. The summed E-state index contributed by atoms with van der Waals surface area (Å²) in [5.41, 5.74) is 4.07. The van der Waals surface area contributed by atoms with Crippen LogP contribution < -0.4 is 10.1 Å². The fraction of sp³-hybridized carbons (Fsp3) is 0.208. The zero-order chi connectivity index (χ0) is 20.9. The number of hydrogen-bond acceptors (Lipinski definition) is 5. The third-order valence-corrected chi connectivity index (χ3v) is 5.03. The molecule has 0 radical (unpaired) electrons. The summed E-state index contributed by atoms with van der Waals surface area (Å²) in [6, 6.07) is 16.9. The number of rotatable bonds is 7. The SMILES string of the molecule is CC[C@@H](C)c1ccc(OCC(=O)Nc2ccc3oc(-c4ccncc4)nc3c2)cc1. The molecule has 0 aliphatic heterocycles. The molecule has 0 spiro atoms. The molecule has 0 saturated carbocycles. The highest BCUT2D eigenvalue weighted by Crippen LogP contribution is 2.26. The van der Waals surface area contributed by atoms with E-state index < -0.39 is 0 Å². The molecule has 0 saturated heterocycles. The number of carbonyl (C=O) groups excluding carboxylic acids is 1. The molecule has 0 fully saturated rings. The van der Waals surface area contributed by atoms with Gasteiger partial charge in [-0.25, -0.2) is 4.98 Å². The van der Waals surface area contributed by atoms with Crippen LogP contribution in [0.15, 0.2) is 71.4 Å². The van der Waals surface area contributed by atoms with Crippen molar-refractivity contribution in [1.29, 1.82) is 0 Å².